The Morgan fingerprint density at radius 2 is 2.24 bits per heavy atom. The smallest absolute Gasteiger partial charge is 0.358 e. The highest BCUT2D eigenvalue weighted by Crippen LogP contribution is 2.33. The summed E-state index contributed by atoms with van der Waals surface area (Å²) >= 11 is 3.19. The van der Waals surface area contributed by atoms with Crippen LogP contribution in [-0.2, 0) is 4.74 Å². The van der Waals surface area contributed by atoms with E-state index in [4.69, 9.17) is 4.74 Å². The molecule has 0 bridgehead atoms. The van der Waals surface area contributed by atoms with Crippen molar-refractivity contribution in [2.24, 2.45) is 0 Å². The number of carbonyl (C=O) groups is 2. The van der Waals surface area contributed by atoms with Gasteiger partial charge in [-0.15, -0.1) is 0 Å². The first-order chi connectivity index (χ1) is 10.1. The molecule has 5 nitrogen and oxygen atoms in total. The summed E-state index contributed by atoms with van der Waals surface area (Å²) in [6.45, 7) is 3.60. The fraction of sp³-hybridized carbons (Fsp3) is 0.643. The maximum atomic E-state index is 11.7. The third-order valence-electron chi connectivity index (χ3n) is 3.47. The minimum atomic E-state index is -0.560. The second kappa shape index (κ2) is 7.26. The molecule has 2 unspecified atom stereocenters. The largest absolute Gasteiger partial charge is 0.464 e. The van der Waals surface area contributed by atoms with E-state index in [2.05, 4.69) is 17.2 Å². The van der Waals surface area contributed by atoms with Gasteiger partial charge in [-0.2, -0.15) is 11.8 Å². The average Bonchev–Trinajstić information content (AvgIpc) is 3.06. The number of anilines is 1. The molecule has 2 atom stereocenters. The summed E-state index contributed by atoms with van der Waals surface area (Å²) in [5.41, 5.74) is 0.121. The minimum absolute atomic E-state index is 0.121. The van der Waals surface area contributed by atoms with E-state index in [0.29, 0.717) is 21.3 Å². The van der Waals surface area contributed by atoms with Gasteiger partial charge in [0.15, 0.2) is 16.6 Å². The van der Waals surface area contributed by atoms with Crippen LogP contribution in [0.4, 0.5) is 5.13 Å². The number of hydrogen-bond donors (Lipinski definition) is 1. The number of ether oxygens (including phenoxy) is 1. The van der Waals surface area contributed by atoms with Crippen LogP contribution in [0, 0.1) is 0 Å². The number of thiazole rings is 1. The van der Waals surface area contributed by atoms with Gasteiger partial charge in [-0.1, -0.05) is 24.7 Å². The van der Waals surface area contributed by atoms with E-state index in [-0.39, 0.29) is 11.5 Å². The Kier molecular flexibility index (Phi) is 5.64. The van der Waals surface area contributed by atoms with Crippen molar-refractivity contribution in [3.05, 3.63) is 10.6 Å². The van der Waals surface area contributed by atoms with Crippen molar-refractivity contribution in [3.8, 4) is 0 Å². The summed E-state index contributed by atoms with van der Waals surface area (Å²) in [6, 6.07) is 0.353. The SMILES string of the molecule is CCSC1CCCC1Nc1nc(C(=O)OC)c(C(C)=O)s1. The van der Waals surface area contributed by atoms with Crippen molar-refractivity contribution >= 4 is 40.0 Å². The predicted octanol–water partition coefficient (Wildman–Crippen LogP) is 3.22. The van der Waals surface area contributed by atoms with Gasteiger partial charge in [-0.25, -0.2) is 9.78 Å². The lowest BCUT2D eigenvalue weighted by Crippen LogP contribution is -2.26. The van der Waals surface area contributed by atoms with Gasteiger partial charge in [0, 0.05) is 18.2 Å². The Hall–Kier alpha value is -1.08. The van der Waals surface area contributed by atoms with Gasteiger partial charge in [0.25, 0.3) is 0 Å². The molecule has 0 radical (unpaired) electrons. The van der Waals surface area contributed by atoms with Crippen molar-refractivity contribution in [2.45, 2.75) is 44.4 Å². The summed E-state index contributed by atoms with van der Waals surface area (Å²) in [4.78, 5) is 28.0. The van der Waals surface area contributed by atoms with Crippen LogP contribution in [0.25, 0.3) is 0 Å². The number of hydrogen-bond acceptors (Lipinski definition) is 7. The Morgan fingerprint density at radius 3 is 2.86 bits per heavy atom. The molecule has 1 aliphatic carbocycles. The Bertz CT molecular complexity index is 530. The van der Waals surface area contributed by atoms with Crippen molar-refractivity contribution in [2.75, 3.05) is 18.2 Å². The third-order valence-corrected chi connectivity index (χ3v) is 5.88. The molecule has 1 aromatic heterocycles. The first-order valence-corrected chi connectivity index (χ1v) is 8.91. The van der Waals surface area contributed by atoms with Crippen molar-refractivity contribution in [1.82, 2.24) is 4.98 Å². The molecular formula is C14H20N2O3S2. The molecule has 1 heterocycles. The van der Waals surface area contributed by atoms with Crippen LogP contribution in [0.1, 0.15) is 53.3 Å². The number of rotatable bonds is 6. The van der Waals surface area contributed by atoms with Gasteiger partial charge in [0.05, 0.1) is 7.11 Å². The summed E-state index contributed by atoms with van der Waals surface area (Å²) in [5.74, 6) is 0.370. The van der Waals surface area contributed by atoms with E-state index in [9.17, 15) is 9.59 Å². The molecule has 0 amide bonds. The molecule has 21 heavy (non-hydrogen) atoms. The van der Waals surface area contributed by atoms with Crippen LogP contribution in [0.15, 0.2) is 0 Å². The van der Waals surface area contributed by atoms with E-state index in [1.165, 1.54) is 38.2 Å². The van der Waals surface area contributed by atoms with Gasteiger partial charge < -0.3 is 10.1 Å². The quantitative estimate of drug-likeness (QED) is 0.639. The van der Waals surface area contributed by atoms with Crippen LogP contribution in [-0.4, -0.2) is 40.9 Å². The lowest BCUT2D eigenvalue weighted by atomic mass is 10.2. The molecule has 116 valence electrons. The molecule has 7 heteroatoms. The molecule has 1 saturated carbocycles. The van der Waals surface area contributed by atoms with E-state index in [0.717, 1.165) is 12.2 Å². The second-order valence-electron chi connectivity index (χ2n) is 4.92. The molecule has 1 fully saturated rings. The van der Waals surface area contributed by atoms with Crippen LogP contribution < -0.4 is 5.32 Å². The molecule has 0 aromatic carbocycles. The number of carbonyl (C=O) groups excluding carboxylic acids is 2. The molecule has 0 spiro atoms. The Morgan fingerprint density at radius 1 is 1.48 bits per heavy atom. The summed E-state index contributed by atoms with van der Waals surface area (Å²) < 4.78 is 4.69. The van der Waals surface area contributed by atoms with E-state index in [1.807, 2.05) is 11.8 Å². The van der Waals surface area contributed by atoms with Crippen LogP contribution in [0.3, 0.4) is 0 Å². The molecule has 1 aliphatic rings. The third kappa shape index (κ3) is 3.77. The number of nitrogens with one attached hydrogen (secondary N) is 1. The van der Waals surface area contributed by atoms with Crippen LogP contribution in [0.2, 0.25) is 0 Å². The lowest BCUT2D eigenvalue weighted by molar-refractivity contribution is 0.0591. The van der Waals surface area contributed by atoms with E-state index < -0.39 is 5.97 Å². The molecular weight excluding hydrogens is 308 g/mol. The Balaban J connectivity index is 2.17. The summed E-state index contributed by atoms with van der Waals surface area (Å²) in [6.07, 6.45) is 3.50. The van der Waals surface area contributed by atoms with Gasteiger partial charge >= 0.3 is 5.97 Å². The maximum Gasteiger partial charge on any atom is 0.358 e. The molecule has 0 saturated heterocycles. The summed E-state index contributed by atoms with van der Waals surface area (Å²) in [7, 11) is 1.30. The zero-order valence-corrected chi connectivity index (χ0v) is 14.1. The molecule has 1 N–H and O–H groups in total. The number of ketones is 1. The van der Waals surface area contributed by atoms with Crippen LogP contribution >= 0.6 is 23.1 Å². The number of nitrogens with zero attached hydrogens (tertiary/aromatic N) is 1. The molecule has 0 aliphatic heterocycles. The topological polar surface area (TPSA) is 68.3 Å². The maximum absolute atomic E-state index is 11.7. The highest BCUT2D eigenvalue weighted by atomic mass is 32.2. The predicted molar refractivity (Wildman–Crippen MR) is 86.6 cm³/mol. The number of Topliss-reactive ketones (excluding diaryl/α,β-unsaturated/α-hetero) is 1. The van der Waals surface area contributed by atoms with Crippen molar-refractivity contribution in [1.29, 1.82) is 0 Å². The van der Waals surface area contributed by atoms with Gasteiger partial charge in [0.1, 0.15) is 4.88 Å². The van der Waals surface area contributed by atoms with E-state index in [1.54, 1.807) is 0 Å². The minimum Gasteiger partial charge on any atom is -0.464 e. The second-order valence-corrected chi connectivity index (χ2v) is 7.44. The van der Waals surface area contributed by atoms with Gasteiger partial charge in [0.2, 0.25) is 0 Å². The zero-order chi connectivity index (χ0) is 15.4. The average molecular weight is 328 g/mol. The monoisotopic (exact) mass is 328 g/mol. The fourth-order valence-electron chi connectivity index (χ4n) is 2.52. The number of methoxy groups -OCH3 is 1. The van der Waals surface area contributed by atoms with Gasteiger partial charge in [-0.3, -0.25) is 4.79 Å². The number of esters is 1. The van der Waals surface area contributed by atoms with Gasteiger partial charge in [-0.05, 0) is 18.6 Å². The fourth-order valence-corrected chi connectivity index (χ4v) is 4.63. The normalized spacial score (nSPS) is 21.3. The van der Waals surface area contributed by atoms with Crippen molar-refractivity contribution < 1.29 is 14.3 Å². The first-order valence-electron chi connectivity index (χ1n) is 7.05. The first kappa shape index (κ1) is 16.3. The van der Waals surface area contributed by atoms with E-state index >= 15 is 0 Å². The molecule has 2 rings (SSSR count). The summed E-state index contributed by atoms with van der Waals surface area (Å²) in [5, 5.41) is 4.60. The Labute approximate surface area is 132 Å². The number of thioether (sulfide) groups is 1. The van der Waals surface area contributed by atoms with Crippen molar-refractivity contribution in [3.63, 3.8) is 0 Å². The number of aromatic nitrogens is 1. The van der Waals surface area contributed by atoms with Crippen LogP contribution in [0.5, 0.6) is 0 Å². The highest BCUT2D eigenvalue weighted by Gasteiger charge is 2.29. The standard InChI is InChI=1S/C14H20N2O3S2/c1-4-20-10-7-5-6-9(10)15-14-16-11(13(18)19-3)12(21-14)8(2)17/h9-10H,4-7H2,1-3H3,(H,15,16). The lowest BCUT2D eigenvalue weighted by Gasteiger charge is -2.19. The zero-order valence-electron chi connectivity index (χ0n) is 12.5. The highest BCUT2D eigenvalue weighted by molar-refractivity contribution is 7.99. The molecule has 1 aromatic rings.